The predicted molar refractivity (Wildman–Crippen MR) is 79.7 cm³/mol. The summed E-state index contributed by atoms with van der Waals surface area (Å²) in [7, 11) is 0. The van der Waals surface area contributed by atoms with Gasteiger partial charge in [0, 0.05) is 22.7 Å². The van der Waals surface area contributed by atoms with E-state index in [0.717, 1.165) is 36.8 Å². The zero-order chi connectivity index (χ0) is 14.0. The Morgan fingerprint density at radius 3 is 2.85 bits per heavy atom. The molecule has 1 fully saturated rings. The van der Waals surface area contributed by atoms with Crippen molar-refractivity contribution in [2.75, 3.05) is 13.1 Å². The van der Waals surface area contributed by atoms with Crippen LogP contribution >= 0.6 is 0 Å². The molecule has 2 aromatic rings. The second kappa shape index (κ2) is 5.21. The number of nitrogens with zero attached hydrogens (tertiary/aromatic N) is 1. The number of hydrogen-bond donors (Lipinski definition) is 2. The van der Waals surface area contributed by atoms with Crippen LogP contribution in [0.5, 0.6) is 0 Å². The van der Waals surface area contributed by atoms with Crippen LogP contribution < -0.4 is 10.6 Å². The number of carbonyl (C=O) groups excluding carboxylic acids is 1. The Kier molecular flexibility index (Phi) is 3.40. The maximum absolute atomic E-state index is 12.6. The van der Waals surface area contributed by atoms with Gasteiger partial charge in [-0.3, -0.25) is 9.78 Å². The highest BCUT2D eigenvalue weighted by atomic mass is 16.1. The van der Waals surface area contributed by atoms with E-state index in [4.69, 9.17) is 0 Å². The van der Waals surface area contributed by atoms with Gasteiger partial charge in [-0.1, -0.05) is 12.1 Å². The Morgan fingerprint density at radius 2 is 2.05 bits per heavy atom. The van der Waals surface area contributed by atoms with E-state index in [1.165, 1.54) is 0 Å². The summed E-state index contributed by atoms with van der Waals surface area (Å²) in [6.45, 7) is 4.02. The van der Waals surface area contributed by atoms with Gasteiger partial charge in [-0.25, -0.2) is 0 Å². The second-order valence-electron chi connectivity index (χ2n) is 5.64. The summed E-state index contributed by atoms with van der Waals surface area (Å²) in [6.07, 6.45) is 3.67. The summed E-state index contributed by atoms with van der Waals surface area (Å²) < 4.78 is 0. The number of carbonyl (C=O) groups is 1. The number of nitrogens with one attached hydrogen (secondary N) is 2. The molecule has 2 N–H and O–H groups in total. The third kappa shape index (κ3) is 2.51. The Balaban J connectivity index is 1.89. The molecule has 0 atom stereocenters. The number of pyridine rings is 1. The molecular weight excluding hydrogens is 250 g/mol. The molecule has 2 heterocycles. The second-order valence-corrected chi connectivity index (χ2v) is 5.64. The quantitative estimate of drug-likeness (QED) is 0.878. The van der Waals surface area contributed by atoms with Crippen molar-refractivity contribution in [3.8, 4) is 0 Å². The molecule has 0 bridgehead atoms. The van der Waals surface area contributed by atoms with Gasteiger partial charge in [-0.15, -0.1) is 0 Å². The van der Waals surface area contributed by atoms with Gasteiger partial charge < -0.3 is 10.6 Å². The molecule has 104 valence electrons. The van der Waals surface area contributed by atoms with Gasteiger partial charge in [-0.2, -0.15) is 0 Å². The Bertz CT molecular complexity index is 627. The molecule has 4 heteroatoms. The molecule has 0 radical (unpaired) electrons. The number of rotatable bonds is 2. The van der Waals surface area contributed by atoms with E-state index < -0.39 is 0 Å². The first-order chi connectivity index (χ1) is 9.68. The van der Waals surface area contributed by atoms with Gasteiger partial charge in [0.15, 0.2) is 0 Å². The van der Waals surface area contributed by atoms with Gasteiger partial charge >= 0.3 is 0 Å². The minimum absolute atomic E-state index is 0.00648. The highest BCUT2D eigenvalue weighted by Gasteiger charge is 2.28. The maximum Gasteiger partial charge on any atom is 0.252 e. The zero-order valence-electron chi connectivity index (χ0n) is 11.6. The van der Waals surface area contributed by atoms with E-state index in [2.05, 4.69) is 22.5 Å². The van der Waals surface area contributed by atoms with E-state index in [0.29, 0.717) is 5.56 Å². The SMILES string of the molecule is CC1(NC(=O)c2cccc3ncccc23)CCNCC1. The molecule has 1 amide bonds. The highest BCUT2D eigenvalue weighted by molar-refractivity contribution is 6.06. The van der Waals surface area contributed by atoms with E-state index >= 15 is 0 Å². The van der Waals surface area contributed by atoms with Crippen molar-refractivity contribution in [2.45, 2.75) is 25.3 Å². The van der Waals surface area contributed by atoms with Crippen molar-refractivity contribution in [3.63, 3.8) is 0 Å². The summed E-state index contributed by atoms with van der Waals surface area (Å²) in [5.74, 6) is -0.00648. The lowest BCUT2D eigenvalue weighted by atomic mass is 9.90. The molecule has 0 aliphatic carbocycles. The minimum atomic E-state index is -0.118. The number of piperidine rings is 1. The Labute approximate surface area is 118 Å². The first-order valence-electron chi connectivity index (χ1n) is 7.05. The highest BCUT2D eigenvalue weighted by Crippen LogP contribution is 2.21. The van der Waals surface area contributed by atoms with Gasteiger partial charge in [0.25, 0.3) is 5.91 Å². The monoisotopic (exact) mass is 269 g/mol. The van der Waals surface area contributed by atoms with Crippen molar-refractivity contribution in [2.24, 2.45) is 0 Å². The lowest BCUT2D eigenvalue weighted by Gasteiger charge is -2.35. The summed E-state index contributed by atoms with van der Waals surface area (Å²) in [4.78, 5) is 16.9. The summed E-state index contributed by atoms with van der Waals surface area (Å²) >= 11 is 0. The minimum Gasteiger partial charge on any atom is -0.347 e. The molecule has 3 rings (SSSR count). The van der Waals surface area contributed by atoms with E-state index in [1.54, 1.807) is 6.20 Å². The van der Waals surface area contributed by atoms with Crippen LogP contribution in [0.4, 0.5) is 0 Å². The third-order valence-electron chi connectivity index (χ3n) is 4.01. The molecule has 1 aliphatic rings. The maximum atomic E-state index is 12.6. The fraction of sp³-hybridized carbons (Fsp3) is 0.375. The summed E-state index contributed by atoms with van der Waals surface area (Å²) in [5, 5.41) is 7.43. The van der Waals surface area contributed by atoms with E-state index in [1.807, 2.05) is 30.3 Å². The normalized spacial score (nSPS) is 17.9. The fourth-order valence-electron chi connectivity index (χ4n) is 2.75. The zero-order valence-corrected chi connectivity index (χ0v) is 11.6. The fourth-order valence-corrected chi connectivity index (χ4v) is 2.75. The molecule has 1 aliphatic heterocycles. The van der Waals surface area contributed by atoms with E-state index in [-0.39, 0.29) is 11.4 Å². The summed E-state index contributed by atoms with van der Waals surface area (Å²) in [5.41, 5.74) is 1.44. The number of fused-ring (bicyclic) bond motifs is 1. The van der Waals surface area contributed by atoms with Crippen molar-refractivity contribution in [1.29, 1.82) is 0 Å². The molecule has 0 spiro atoms. The number of hydrogen-bond acceptors (Lipinski definition) is 3. The van der Waals surface area contributed by atoms with Crippen LogP contribution in [0.2, 0.25) is 0 Å². The lowest BCUT2D eigenvalue weighted by molar-refractivity contribution is 0.0889. The smallest absolute Gasteiger partial charge is 0.252 e. The Hall–Kier alpha value is -1.94. The average molecular weight is 269 g/mol. The molecular formula is C16H19N3O. The average Bonchev–Trinajstić information content (AvgIpc) is 2.47. The van der Waals surface area contributed by atoms with Crippen LogP contribution in [0.3, 0.4) is 0 Å². The van der Waals surface area contributed by atoms with Crippen LogP contribution in [0.1, 0.15) is 30.1 Å². The molecule has 4 nitrogen and oxygen atoms in total. The van der Waals surface area contributed by atoms with Crippen molar-refractivity contribution in [3.05, 3.63) is 42.1 Å². The van der Waals surface area contributed by atoms with Crippen LogP contribution in [0.25, 0.3) is 10.9 Å². The molecule has 1 saturated heterocycles. The van der Waals surface area contributed by atoms with Gasteiger partial charge in [0.2, 0.25) is 0 Å². The first-order valence-corrected chi connectivity index (χ1v) is 7.05. The summed E-state index contributed by atoms with van der Waals surface area (Å²) in [6, 6.07) is 9.49. The van der Waals surface area contributed by atoms with Crippen LogP contribution in [-0.4, -0.2) is 29.5 Å². The molecule has 1 aromatic carbocycles. The molecule has 20 heavy (non-hydrogen) atoms. The topological polar surface area (TPSA) is 54.0 Å². The van der Waals surface area contributed by atoms with E-state index in [9.17, 15) is 4.79 Å². The number of aromatic nitrogens is 1. The largest absolute Gasteiger partial charge is 0.347 e. The van der Waals surface area contributed by atoms with Crippen molar-refractivity contribution >= 4 is 16.8 Å². The van der Waals surface area contributed by atoms with Gasteiger partial charge in [-0.05, 0) is 51.1 Å². The van der Waals surface area contributed by atoms with Crippen LogP contribution in [-0.2, 0) is 0 Å². The van der Waals surface area contributed by atoms with Crippen LogP contribution in [0.15, 0.2) is 36.5 Å². The molecule has 1 aromatic heterocycles. The first kappa shape index (κ1) is 13.1. The lowest BCUT2D eigenvalue weighted by Crippen LogP contribution is -2.52. The Morgan fingerprint density at radius 1 is 1.25 bits per heavy atom. The molecule has 0 saturated carbocycles. The van der Waals surface area contributed by atoms with Crippen molar-refractivity contribution < 1.29 is 4.79 Å². The van der Waals surface area contributed by atoms with Crippen LogP contribution in [0, 0.1) is 0 Å². The standard InChI is InChI=1S/C16H19N3O/c1-16(7-10-17-11-8-16)19-15(20)13-4-2-6-14-12(13)5-3-9-18-14/h2-6,9,17H,7-8,10-11H2,1H3,(H,19,20). The number of benzene rings is 1. The number of amides is 1. The van der Waals surface area contributed by atoms with Gasteiger partial charge in [0.1, 0.15) is 0 Å². The predicted octanol–water partition coefficient (Wildman–Crippen LogP) is 2.11. The molecule has 0 unspecified atom stereocenters. The van der Waals surface area contributed by atoms with Gasteiger partial charge in [0.05, 0.1) is 5.52 Å². The van der Waals surface area contributed by atoms with Crippen molar-refractivity contribution in [1.82, 2.24) is 15.6 Å². The third-order valence-corrected chi connectivity index (χ3v) is 4.01.